The number of nitrogens with zero attached hydrogens (tertiary/aromatic N) is 2. The zero-order valence-corrected chi connectivity index (χ0v) is 12.9. The topological polar surface area (TPSA) is 73.1 Å². The van der Waals surface area contributed by atoms with E-state index in [4.69, 9.17) is 10.5 Å². The Balaban J connectivity index is 1.94. The number of hydrogen-bond donors (Lipinski definition) is 2. The molecule has 2 aromatic heterocycles. The van der Waals surface area contributed by atoms with E-state index >= 15 is 0 Å². The van der Waals surface area contributed by atoms with E-state index in [-0.39, 0.29) is 0 Å². The van der Waals surface area contributed by atoms with Crippen molar-refractivity contribution in [1.82, 2.24) is 9.97 Å². The average Bonchev–Trinajstić information content (AvgIpc) is 2.80. The van der Waals surface area contributed by atoms with Gasteiger partial charge in [0, 0.05) is 11.4 Å². The fourth-order valence-corrected chi connectivity index (χ4v) is 3.04. The Morgan fingerprint density at radius 3 is 2.95 bits per heavy atom. The van der Waals surface area contributed by atoms with Crippen molar-refractivity contribution < 1.29 is 4.74 Å². The van der Waals surface area contributed by atoms with Gasteiger partial charge in [-0.15, -0.1) is 11.3 Å². The van der Waals surface area contributed by atoms with Crippen LogP contribution in [0.1, 0.15) is 11.8 Å². The summed E-state index contributed by atoms with van der Waals surface area (Å²) in [6, 6.07) is 4.15. The number of anilines is 2. The molecule has 0 radical (unpaired) electrons. The van der Waals surface area contributed by atoms with Gasteiger partial charge >= 0.3 is 0 Å². The summed E-state index contributed by atoms with van der Waals surface area (Å²) in [6.45, 7) is 3.19. The van der Waals surface area contributed by atoms with E-state index in [9.17, 15) is 0 Å². The summed E-state index contributed by atoms with van der Waals surface area (Å²) in [7, 11) is 0. The van der Waals surface area contributed by atoms with Crippen molar-refractivity contribution in [1.29, 1.82) is 0 Å². The Bertz CT molecular complexity index is 546. The summed E-state index contributed by atoms with van der Waals surface area (Å²) >= 11 is 5.17. The first-order valence-corrected chi connectivity index (χ1v) is 7.53. The number of aromatic nitrogens is 2. The molecule has 5 nitrogen and oxygen atoms in total. The third-order valence-electron chi connectivity index (χ3n) is 2.42. The van der Waals surface area contributed by atoms with E-state index < -0.39 is 0 Å². The third kappa shape index (κ3) is 3.81. The van der Waals surface area contributed by atoms with Crippen LogP contribution in [-0.4, -0.2) is 23.1 Å². The highest BCUT2D eigenvalue weighted by atomic mass is 79.9. The molecule has 0 aliphatic carbocycles. The van der Waals surface area contributed by atoms with Gasteiger partial charge in [0.2, 0.25) is 5.88 Å². The van der Waals surface area contributed by atoms with E-state index in [1.807, 2.05) is 13.0 Å². The van der Waals surface area contributed by atoms with Crippen LogP contribution in [0.5, 0.6) is 5.88 Å². The van der Waals surface area contributed by atoms with Crippen molar-refractivity contribution >= 4 is 38.8 Å². The Morgan fingerprint density at radius 1 is 1.42 bits per heavy atom. The van der Waals surface area contributed by atoms with Gasteiger partial charge in [-0.25, -0.2) is 4.98 Å². The van der Waals surface area contributed by atoms with Gasteiger partial charge in [0.1, 0.15) is 12.0 Å². The molecule has 2 rings (SSSR count). The molecule has 0 fully saturated rings. The van der Waals surface area contributed by atoms with E-state index in [1.54, 1.807) is 11.3 Å². The molecule has 102 valence electrons. The molecule has 0 aromatic carbocycles. The van der Waals surface area contributed by atoms with Gasteiger partial charge in [0.25, 0.3) is 0 Å². The fourth-order valence-electron chi connectivity index (χ4n) is 1.56. The maximum atomic E-state index is 5.94. The quantitative estimate of drug-likeness (QED) is 0.844. The van der Waals surface area contributed by atoms with Crippen molar-refractivity contribution in [3.8, 4) is 5.88 Å². The first-order chi connectivity index (χ1) is 9.20. The lowest BCUT2D eigenvalue weighted by Crippen LogP contribution is -2.10. The molecule has 2 heterocycles. The van der Waals surface area contributed by atoms with E-state index in [0.29, 0.717) is 24.0 Å². The second-order valence-electron chi connectivity index (χ2n) is 3.76. The molecule has 0 spiro atoms. The predicted molar refractivity (Wildman–Crippen MR) is 81.8 cm³/mol. The van der Waals surface area contributed by atoms with Crippen LogP contribution < -0.4 is 15.8 Å². The van der Waals surface area contributed by atoms with Crippen LogP contribution in [0.15, 0.2) is 22.2 Å². The zero-order chi connectivity index (χ0) is 13.7. The minimum Gasteiger partial charge on any atom is -0.476 e. The van der Waals surface area contributed by atoms with Crippen LogP contribution in [-0.2, 0) is 6.42 Å². The predicted octanol–water partition coefficient (Wildman–Crippen LogP) is 2.94. The number of hydrogen-bond acceptors (Lipinski definition) is 6. The molecule has 0 saturated heterocycles. The van der Waals surface area contributed by atoms with Crippen molar-refractivity contribution in [2.24, 2.45) is 0 Å². The van der Waals surface area contributed by atoms with Crippen molar-refractivity contribution in [3.63, 3.8) is 0 Å². The highest BCUT2D eigenvalue weighted by molar-refractivity contribution is 9.11. The lowest BCUT2D eigenvalue weighted by atomic mass is 10.3. The molecule has 0 unspecified atom stereocenters. The molecule has 0 aliphatic heterocycles. The first kappa shape index (κ1) is 14.1. The number of ether oxygens (including phenoxy) is 1. The molecule has 3 N–H and O–H groups in total. The minimum atomic E-state index is 0.430. The monoisotopic (exact) mass is 342 g/mol. The molecule has 0 atom stereocenters. The molecule has 2 aromatic rings. The summed E-state index contributed by atoms with van der Waals surface area (Å²) in [5.41, 5.74) is 6.39. The summed E-state index contributed by atoms with van der Waals surface area (Å²) < 4.78 is 6.47. The highest BCUT2D eigenvalue weighted by Crippen LogP contribution is 2.25. The molecule has 0 amide bonds. The van der Waals surface area contributed by atoms with Gasteiger partial charge in [0.15, 0.2) is 5.82 Å². The molecule has 0 saturated carbocycles. The number of halogens is 1. The summed E-state index contributed by atoms with van der Waals surface area (Å²) in [5.74, 6) is 1.05. The van der Waals surface area contributed by atoms with Gasteiger partial charge in [-0.1, -0.05) is 0 Å². The van der Waals surface area contributed by atoms with Crippen molar-refractivity contribution in [3.05, 3.63) is 27.1 Å². The zero-order valence-electron chi connectivity index (χ0n) is 10.5. The van der Waals surface area contributed by atoms with Crippen LogP contribution in [0.2, 0.25) is 0 Å². The maximum absolute atomic E-state index is 5.94. The Labute approximate surface area is 124 Å². The largest absolute Gasteiger partial charge is 0.476 e. The summed E-state index contributed by atoms with van der Waals surface area (Å²) in [5, 5.41) is 3.20. The number of nitrogens with one attached hydrogen (secondary N) is 1. The second-order valence-corrected chi connectivity index (χ2v) is 6.30. The third-order valence-corrected chi connectivity index (χ3v) is 4.10. The normalized spacial score (nSPS) is 10.4. The Hall–Kier alpha value is -1.34. The summed E-state index contributed by atoms with van der Waals surface area (Å²) in [6.07, 6.45) is 2.37. The van der Waals surface area contributed by atoms with Crippen LogP contribution in [0.4, 0.5) is 11.5 Å². The number of nitrogen functional groups attached to an aromatic ring is 1. The van der Waals surface area contributed by atoms with Crippen molar-refractivity contribution in [2.75, 3.05) is 24.2 Å². The van der Waals surface area contributed by atoms with Crippen LogP contribution in [0, 0.1) is 0 Å². The minimum absolute atomic E-state index is 0.430. The number of nitrogens with two attached hydrogens (primary N) is 1. The van der Waals surface area contributed by atoms with E-state index in [2.05, 4.69) is 37.3 Å². The van der Waals surface area contributed by atoms with Gasteiger partial charge in [-0.3, -0.25) is 0 Å². The van der Waals surface area contributed by atoms with Gasteiger partial charge in [-0.2, -0.15) is 4.98 Å². The number of rotatable bonds is 6. The first-order valence-electron chi connectivity index (χ1n) is 5.92. The molecule has 0 aliphatic rings. The average molecular weight is 343 g/mol. The SMILES string of the molecule is CCOc1ncnc(NCCc2ccc(Br)s2)c1N. The molecule has 19 heavy (non-hydrogen) atoms. The second kappa shape index (κ2) is 6.72. The van der Waals surface area contributed by atoms with E-state index in [0.717, 1.165) is 16.8 Å². The molecular formula is C12H15BrN4OS. The highest BCUT2D eigenvalue weighted by Gasteiger charge is 2.08. The fraction of sp³-hybridized carbons (Fsp3) is 0.333. The lowest BCUT2D eigenvalue weighted by molar-refractivity contribution is 0.328. The Morgan fingerprint density at radius 2 is 2.26 bits per heavy atom. The van der Waals surface area contributed by atoms with Crippen molar-refractivity contribution in [2.45, 2.75) is 13.3 Å². The van der Waals surface area contributed by atoms with Gasteiger partial charge in [0.05, 0.1) is 10.4 Å². The smallest absolute Gasteiger partial charge is 0.242 e. The van der Waals surface area contributed by atoms with Crippen LogP contribution in [0.3, 0.4) is 0 Å². The molecule has 0 bridgehead atoms. The molecule has 7 heteroatoms. The maximum Gasteiger partial charge on any atom is 0.242 e. The summed E-state index contributed by atoms with van der Waals surface area (Å²) in [4.78, 5) is 9.42. The van der Waals surface area contributed by atoms with Gasteiger partial charge < -0.3 is 15.8 Å². The number of thiophene rings is 1. The van der Waals surface area contributed by atoms with Crippen LogP contribution >= 0.6 is 27.3 Å². The lowest BCUT2D eigenvalue weighted by Gasteiger charge is -2.10. The molecular weight excluding hydrogens is 328 g/mol. The van der Waals surface area contributed by atoms with Crippen LogP contribution in [0.25, 0.3) is 0 Å². The van der Waals surface area contributed by atoms with Gasteiger partial charge in [-0.05, 0) is 41.4 Å². The standard InChI is InChI=1S/C12H15BrN4OS/c1-2-18-12-10(14)11(16-7-17-12)15-6-5-8-3-4-9(13)19-8/h3-4,7H,2,5-6,14H2,1H3,(H,15,16,17). The van der Waals surface area contributed by atoms with E-state index in [1.165, 1.54) is 11.2 Å². The Kier molecular flexibility index (Phi) is 4.98.